The molecular formula is C25H28ClFN6O4. The van der Waals surface area contributed by atoms with Gasteiger partial charge in [0.1, 0.15) is 5.82 Å². The number of nitrogens with one attached hydrogen (secondary N) is 3. The Labute approximate surface area is 218 Å². The number of morpholine rings is 1. The molecule has 2 aliphatic heterocycles. The molecule has 196 valence electrons. The summed E-state index contributed by atoms with van der Waals surface area (Å²) in [6.07, 6.45) is 1.30. The van der Waals surface area contributed by atoms with E-state index >= 15 is 0 Å². The molecule has 1 saturated heterocycles. The van der Waals surface area contributed by atoms with E-state index in [0.29, 0.717) is 31.0 Å². The number of halogens is 2. The van der Waals surface area contributed by atoms with Crippen molar-refractivity contribution in [2.75, 3.05) is 38.2 Å². The Bertz CT molecular complexity index is 1200. The number of hydrogen-bond acceptors (Lipinski definition) is 7. The van der Waals surface area contributed by atoms with Crippen molar-refractivity contribution >= 4 is 41.3 Å². The Kier molecular flexibility index (Phi) is 8.06. The Hall–Kier alpha value is -3.54. The van der Waals surface area contributed by atoms with Gasteiger partial charge in [0.15, 0.2) is 11.6 Å². The highest BCUT2D eigenvalue weighted by atomic mass is 35.5. The van der Waals surface area contributed by atoms with Gasteiger partial charge in [-0.3, -0.25) is 24.3 Å². The van der Waals surface area contributed by atoms with E-state index in [1.807, 2.05) is 6.92 Å². The van der Waals surface area contributed by atoms with Crippen LogP contribution in [0.2, 0.25) is 5.02 Å². The van der Waals surface area contributed by atoms with Crippen molar-refractivity contribution in [1.29, 1.82) is 0 Å². The number of anilines is 1. The fourth-order valence-electron chi connectivity index (χ4n) is 4.49. The standard InChI is InChI=1S/C25H28ClFN6O4/c1-15(13-33-8-10-37-11-9-33)31-23(35)21-25(24(28)36,30-14-29-21)16-2-5-18(6-3-16)32-22(34)19-7-4-17(27)12-20(19)26/h2-7,12,14-15,21H,8-11,13H2,1H3,(H2,28,36)(H,29,30)(H,31,35)(H,32,34). The third-order valence-electron chi connectivity index (χ3n) is 6.36. The molecule has 2 aromatic carbocycles. The molecule has 2 aromatic rings. The van der Waals surface area contributed by atoms with Gasteiger partial charge >= 0.3 is 0 Å². The molecule has 4 rings (SSSR count). The van der Waals surface area contributed by atoms with Crippen LogP contribution in [0.1, 0.15) is 22.8 Å². The highest BCUT2D eigenvalue weighted by Gasteiger charge is 2.52. The largest absolute Gasteiger partial charge is 0.379 e. The fourth-order valence-corrected chi connectivity index (χ4v) is 4.74. The Morgan fingerprint density at radius 3 is 2.59 bits per heavy atom. The zero-order valence-electron chi connectivity index (χ0n) is 20.2. The summed E-state index contributed by atoms with van der Waals surface area (Å²) in [5.41, 5.74) is 5.09. The third-order valence-corrected chi connectivity index (χ3v) is 6.67. The fraction of sp³-hybridized carbons (Fsp3) is 0.360. The van der Waals surface area contributed by atoms with E-state index in [0.717, 1.165) is 25.2 Å². The van der Waals surface area contributed by atoms with Gasteiger partial charge in [0, 0.05) is 31.4 Å². The molecule has 2 heterocycles. The number of primary amides is 1. The molecule has 10 nitrogen and oxygen atoms in total. The SMILES string of the molecule is CC(CN1CCOCC1)NC(=O)C1N=CNC1(C(N)=O)c1ccc(NC(=O)c2ccc(F)cc2Cl)cc1. The number of rotatable bonds is 8. The molecule has 0 saturated carbocycles. The third kappa shape index (κ3) is 5.74. The quantitative estimate of drug-likeness (QED) is 0.405. The van der Waals surface area contributed by atoms with Crippen LogP contribution in [0.25, 0.3) is 0 Å². The van der Waals surface area contributed by atoms with Crippen LogP contribution in [0.5, 0.6) is 0 Å². The summed E-state index contributed by atoms with van der Waals surface area (Å²) in [6, 6.07) is 8.42. The minimum absolute atomic E-state index is 0.0224. The van der Waals surface area contributed by atoms with Crippen molar-refractivity contribution in [3.05, 3.63) is 64.4 Å². The van der Waals surface area contributed by atoms with Crippen molar-refractivity contribution in [2.24, 2.45) is 10.7 Å². The molecule has 3 atom stereocenters. The number of aliphatic imine (C=N–C) groups is 1. The molecule has 2 aliphatic rings. The van der Waals surface area contributed by atoms with Crippen LogP contribution in [0, 0.1) is 5.82 Å². The number of nitrogens with two attached hydrogens (primary N) is 1. The Balaban J connectivity index is 1.48. The zero-order chi connectivity index (χ0) is 26.6. The molecule has 0 aromatic heterocycles. The number of ether oxygens (including phenoxy) is 1. The van der Waals surface area contributed by atoms with Crippen molar-refractivity contribution in [1.82, 2.24) is 15.5 Å². The molecule has 1 fully saturated rings. The first kappa shape index (κ1) is 26.5. The van der Waals surface area contributed by atoms with E-state index in [1.165, 1.54) is 12.4 Å². The molecule has 37 heavy (non-hydrogen) atoms. The summed E-state index contributed by atoms with van der Waals surface area (Å²) in [5, 5.41) is 8.46. The monoisotopic (exact) mass is 530 g/mol. The first-order chi connectivity index (χ1) is 17.7. The average molecular weight is 531 g/mol. The Morgan fingerprint density at radius 2 is 1.95 bits per heavy atom. The van der Waals surface area contributed by atoms with Gasteiger partial charge < -0.3 is 26.4 Å². The topological polar surface area (TPSA) is 138 Å². The average Bonchev–Trinajstić information content (AvgIpc) is 3.31. The number of carbonyl (C=O) groups is 3. The lowest BCUT2D eigenvalue weighted by atomic mass is 9.82. The van der Waals surface area contributed by atoms with Gasteiger partial charge in [-0.25, -0.2) is 4.39 Å². The van der Waals surface area contributed by atoms with Crippen LogP contribution in [0.15, 0.2) is 47.5 Å². The molecule has 3 amide bonds. The van der Waals surface area contributed by atoms with Gasteiger partial charge in [0.2, 0.25) is 5.91 Å². The first-order valence-corrected chi connectivity index (χ1v) is 12.1. The van der Waals surface area contributed by atoms with Crippen LogP contribution in [-0.2, 0) is 19.9 Å². The van der Waals surface area contributed by atoms with Crippen LogP contribution >= 0.6 is 11.6 Å². The lowest BCUT2D eigenvalue weighted by molar-refractivity contribution is -0.132. The maximum atomic E-state index is 13.3. The van der Waals surface area contributed by atoms with Gasteiger partial charge in [-0.05, 0) is 42.8 Å². The van der Waals surface area contributed by atoms with E-state index in [2.05, 4.69) is 25.8 Å². The predicted octanol–water partition coefficient (Wildman–Crippen LogP) is 1.25. The lowest BCUT2D eigenvalue weighted by Gasteiger charge is -2.33. The van der Waals surface area contributed by atoms with Crippen molar-refractivity contribution in [3.63, 3.8) is 0 Å². The van der Waals surface area contributed by atoms with E-state index in [-0.39, 0.29) is 16.6 Å². The first-order valence-electron chi connectivity index (χ1n) is 11.8. The lowest BCUT2D eigenvalue weighted by Crippen LogP contribution is -2.61. The van der Waals surface area contributed by atoms with E-state index in [9.17, 15) is 18.8 Å². The summed E-state index contributed by atoms with van der Waals surface area (Å²) >= 11 is 5.97. The Morgan fingerprint density at radius 1 is 1.24 bits per heavy atom. The number of amides is 3. The van der Waals surface area contributed by atoms with Gasteiger partial charge in [0.25, 0.3) is 11.8 Å². The molecule has 0 aliphatic carbocycles. The smallest absolute Gasteiger partial charge is 0.257 e. The highest BCUT2D eigenvalue weighted by Crippen LogP contribution is 2.31. The van der Waals surface area contributed by atoms with E-state index < -0.39 is 35.1 Å². The maximum absolute atomic E-state index is 13.3. The van der Waals surface area contributed by atoms with E-state index in [4.69, 9.17) is 22.1 Å². The van der Waals surface area contributed by atoms with Crippen molar-refractivity contribution in [2.45, 2.75) is 24.5 Å². The van der Waals surface area contributed by atoms with Gasteiger partial charge in [0.05, 0.1) is 30.1 Å². The number of nitrogens with zero attached hydrogens (tertiary/aromatic N) is 2. The molecule has 5 N–H and O–H groups in total. The van der Waals surface area contributed by atoms with Gasteiger partial charge in [-0.1, -0.05) is 23.7 Å². The molecule has 12 heteroatoms. The zero-order valence-corrected chi connectivity index (χ0v) is 20.9. The summed E-state index contributed by atoms with van der Waals surface area (Å²) < 4.78 is 18.6. The second-order valence-corrected chi connectivity index (χ2v) is 9.38. The molecule has 0 radical (unpaired) electrons. The summed E-state index contributed by atoms with van der Waals surface area (Å²) in [4.78, 5) is 44.9. The second-order valence-electron chi connectivity index (χ2n) is 8.98. The second kappa shape index (κ2) is 11.2. The molecular weight excluding hydrogens is 503 g/mol. The number of carbonyl (C=O) groups excluding carboxylic acids is 3. The summed E-state index contributed by atoms with van der Waals surface area (Å²) in [7, 11) is 0. The maximum Gasteiger partial charge on any atom is 0.257 e. The van der Waals surface area contributed by atoms with E-state index in [1.54, 1.807) is 24.3 Å². The van der Waals surface area contributed by atoms with Gasteiger partial charge in [-0.15, -0.1) is 0 Å². The predicted molar refractivity (Wildman–Crippen MR) is 137 cm³/mol. The van der Waals surface area contributed by atoms with Crippen molar-refractivity contribution in [3.8, 4) is 0 Å². The summed E-state index contributed by atoms with van der Waals surface area (Å²) in [5.74, 6) is -2.30. The van der Waals surface area contributed by atoms with Crippen LogP contribution in [0.4, 0.5) is 10.1 Å². The number of benzene rings is 2. The minimum Gasteiger partial charge on any atom is -0.379 e. The van der Waals surface area contributed by atoms with Crippen LogP contribution < -0.4 is 21.7 Å². The van der Waals surface area contributed by atoms with Crippen LogP contribution in [-0.4, -0.2) is 73.9 Å². The molecule has 0 spiro atoms. The number of hydrogen-bond donors (Lipinski definition) is 4. The molecule has 3 unspecified atom stereocenters. The normalized spacial score (nSPS) is 22.2. The highest BCUT2D eigenvalue weighted by molar-refractivity contribution is 6.34. The van der Waals surface area contributed by atoms with Gasteiger partial charge in [-0.2, -0.15) is 0 Å². The summed E-state index contributed by atoms with van der Waals surface area (Å²) in [6.45, 7) is 5.38. The van der Waals surface area contributed by atoms with Crippen molar-refractivity contribution < 1.29 is 23.5 Å². The molecule has 0 bridgehead atoms. The minimum atomic E-state index is -1.61. The van der Waals surface area contributed by atoms with Crippen LogP contribution in [0.3, 0.4) is 0 Å².